The molecule has 1 atom stereocenters. The second-order valence-corrected chi connectivity index (χ2v) is 2.89. The first-order chi connectivity index (χ1) is 6.81. The number of carboxylic acid groups (broad SMARTS) is 2. The molecule has 0 heterocycles. The molecule has 0 saturated carbocycles. The minimum absolute atomic E-state index is 0.0294. The van der Waals surface area contributed by atoms with Crippen molar-refractivity contribution in [3.8, 4) is 0 Å². The van der Waals surface area contributed by atoms with Crippen molar-refractivity contribution in [3.05, 3.63) is 0 Å². The Bertz CT molecular complexity index is 272. The fourth-order valence-electron chi connectivity index (χ4n) is 0.915. The highest BCUT2D eigenvalue weighted by Gasteiger charge is 2.41. The highest BCUT2D eigenvalue weighted by atomic mass is 16.5. The molecule has 0 aliphatic carbocycles. The Morgan fingerprint density at radius 2 is 1.73 bits per heavy atom. The molecular weight excluding hydrogens is 208 g/mol. The predicted octanol–water partition coefficient (Wildman–Crippen LogP) is -0.770. The second-order valence-electron chi connectivity index (χ2n) is 2.89. The first-order valence-electron chi connectivity index (χ1n) is 4.15. The van der Waals surface area contributed by atoms with Crippen LogP contribution in [-0.4, -0.2) is 45.4 Å². The molecule has 0 aromatic heterocycles. The van der Waals surface area contributed by atoms with Gasteiger partial charge < -0.3 is 20.1 Å². The van der Waals surface area contributed by atoms with E-state index in [-0.39, 0.29) is 6.61 Å². The van der Waals surface area contributed by atoms with Gasteiger partial charge in [-0.2, -0.15) is 0 Å². The Hall–Kier alpha value is -1.63. The maximum atomic E-state index is 10.9. The van der Waals surface area contributed by atoms with Gasteiger partial charge in [-0.05, 0) is 6.92 Å². The zero-order valence-corrected chi connectivity index (χ0v) is 8.10. The summed E-state index contributed by atoms with van der Waals surface area (Å²) in [6.07, 6.45) is -1.94. The fraction of sp³-hybridized carbons (Fsp3) is 0.625. The SMILES string of the molecule is CCOC(=O)C[C@](O)(CC(=O)O)C(=O)O. The molecule has 0 spiro atoms. The van der Waals surface area contributed by atoms with E-state index in [1.54, 1.807) is 0 Å². The van der Waals surface area contributed by atoms with E-state index in [9.17, 15) is 19.5 Å². The standard InChI is InChI=1S/C8H12O7/c1-2-15-6(11)4-8(14,7(12)13)3-5(9)10/h14H,2-4H2,1H3,(H,9,10)(H,12,13)/t8-/m1/s1. The van der Waals surface area contributed by atoms with Crippen molar-refractivity contribution in [2.45, 2.75) is 25.4 Å². The van der Waals surface area contributed by atoms with Crippen LogP contribution < -0.4 is 0 Å². The number of hydrogen-bond acceptors (Lipinski definition) is 5. The van der Waals surface area contributed by atoms with Crippen LogP contribution in [0.1, 0.15) is 19.8 Å². The first-order valence-corrected chi connectivity index (χ1v) is 4.15. The van der Waals surface area contributed by atoms with Crippen LogP contribution in [0, 0.1) is 0 Å². The third-order valence-corrected chi connectivity index (χ3v) is 1.58. The lowest BCUT2D eigenvalue weighted by Crippen LogP contribution is -2.43. The summed E-state index contributed by atoms with van der Waals surface area (Å²) in [6.45, 7) is 1.54. The van der Waals surface area contributed by atoms with Crippen molar-refractivity contribution < 1.29 is 34.4 Å². The quantitative estimate of drug-likeness (QED) is 0.502. The van der Waals surface area contributed by atoms with Gasteiger partial charge in [-0.1, -0.05) is 0 Å². The van der Waals surface area contributed by atoms with Crippen molar-refractivity contribution in [3.63, 3.8) is 0 Å². The van der Waals surface area contributed by atoms with Gasteiger partial charge in [0.05, 0.1) is 19.4 Å². The summed E-state index contributed by atoms with van der Waals surface area (Å²) in [5.41, 5.74) is -2.61. The van der Waals surface area contributed by atoms with E-state index in [0.717, 1.165) is 0 Å². The van der Waals surface area contributed by atoms with Crippen LogP contribution in [0.2, 0.25) is 0 Å². The van der Waals surface area contributed by atoms with Crippen LogP contribution in [0.5, 0.6) is 0 Å². The molecule has 0 fully saturated rings. The number of carbonyl (C=O) groups excluding carboxylic acids is 1. The van der Waals surface area contributed by atoms with Gasteiger partial charge in [-0.25, -0.2) is 4.79 Å². The minimum Gasteiger partial charge on any atom is -0.481 e. The van der Waals surface area contributed by atoms with E-state index in [4.69, 9.17) is 10.2 Å². The van der Waals surface area contributed by atoms with Crippen LogP contribution in [-0.2, 0) is 19.1 Å². The molecule has 0 radical (unpaired) electrons. The molecule has 0 amide bonds. The molecule has 3 N–H and O–H groups in total. The zero-order valence-electron chi connectivity index (χ0n) is 8.10. The summed E-state index contributed by atoms with van der Waals surface area (Å²) in [4.78, 5) is 31.8. The third kappa shape index (κ3) is 4.41. The molecule has 0 rings (SSSR count). The van der Waals surface area contributed by atoms with Gasteiger partial charge in [-0.3, -0.25) is 9.59 Å². The number of carbonyl (C=O) groups is 3. The molecule has 7 heteroatoms. The molecule has 7 nitrogen and oxygen atoms in total. The molecule has 0 unspecified atom stereocenters. The summed E-state index contributed by atoms with van der Waals surface area (Å²) >= 11 is 0. The molecule has 0 aliphatic rings. The van der Waals surface area contributed by atoms with E-state index in [1.165, 1.54) is 6.92 Å². The molecule has 0 aromatic carbocycles. The van der Waals surface area contributed by atoms with Gasteiger partial charge in [0.2, 0.25) is 0 Å². The number of rotatable bonds is 6. The van der Waals surface area contributed by atoms with E-state index in [1.807, 2.05) is 0 Å². The van der Waals surface area contributed by atoms with E-state index in [2.05, 4.69) is 4.74 Å². The average Bonchev–Trinajstić information content (AvgIpc) is 2.01. The fourth-order valence-corrected chi connectivity index (χ4v) is 0.915. The minimum atomic E-state index is -2.61. The van der Waals surface area contributed by atoms with Crippen LogP contribution >= 0.6 is 0 Å². The monoisotopic (exact) mass is 220 g/mol. The Morgan fingerprint density at radius 3 is 2.07 bits per heavy atom. The predicted molar refractivity (Wildman–Crippen MR) is 46.1 cm³/mol. The molecular formula is C8H12O7. The number of hydrogen-bond donors (Lipinski definition) is 3. The summed E-state index contributed by atoms with van der Waals surface area (Å²) in [6, 6.07) is 0. The average molecular weight is 220 g/mol. The summed E-state index contributed by atoms with van der Waals surface area (Å²) in [5.74, 6) is -4.23. The highest BCUT2D eigenvalue weighted by molar-refractivity contribution is 5.88. The lowest BCUT2D eigenvalue weighted by atomic mass is 9.96. The number of ether oxygens (including phenoxy) is 1. The number of esters is 1. The smallest absolute Gasteiger partial charge is 0.336 e. The van der Waals surface area contributed by atoms with Crippen LogP contribution in [0.3, 0.4) is 0 Å². The van der Waals surface area contributed by atoms with Crippen LogP contribution in [0.4, 0.5) is 0 Å². The number of carboxylic acids is 2. The van der Waals surface area contributed by atoms with Crippen molar-refractivity contribution in [1.29, 1.82) is 0 Å². The highest BCUT2D eigenvalue weighted by Crippen LogP contribution is 2.16. The van der Waals surface area contributed by atoms with E-state index >= 15 is 0 Å². The lowest BCUT2D eigenvalue weighted by molar-refractivity contribution is -0.171. The second kappa shape index (κ2) is 5.30. The van der Waals surface area contributed by atoms with Crippen LogP contribution in [0.25, 0.3) is 0 Å². The first kappa shape index (κ1) is 13.4. The maximum Gasteiger partial charge on any atom is 0.336 e. The van der Waals surface area contributed by atoms with E-state index in [0.29, 0.717) is 0 Å². The topological polar surface area (TPSA) is 121 Å². The Kier molecular flexibility index (Phi) is 4.72. The number of aliphatic carboxylic acids is 2. The van der Waals surface area contributed by atoms with Crippen molar-refractivity contribution in [2.24, 2.45) is 0 Å². The van der Waals surface area contributed by atoms with Gasteiger partial charge in [0, 0.05) is 0 Å². The summed E-state index contributed by atoms with van der Waals surface area (Å²) in [5, 5.41) is 26.3. The van der Waals surface area contributed by atoms with Crippen molar-refractivity contribution in [2.75, 3.05) is 6.61 Å². The number of aliphatic hydroxyl groups is 1. The van der Waals surface area contributed by atoms with Crippen molar-refractivity contribution in [1.82, 2.24) is 0 Å². The van der Waals surface area contributed by atoms with Gasteiger partial charge in [0.15, 0.2) is 5.60 Å². The Morgan fingerprint density at radius 1 is 1.20 bits per heavy atom. The van der Waals surface area contributed by atoms with Gasteiger partial charge in [-0.15, -0.1) is 0 Å². The molecule has 86 valence electrons. The van der Waals surface area contributed by atoms with Crippen LogP contribution in [0.15, 0.2) is 0 Å². The maximum absolute atomic E-state index is 10.9. The Labute approximate surface area is 85.3 Å². The Balaban J connectivity index is 4.58. The third-order valence-electron chi connectivity index (χ3n) is 1.58. The normalized spacial score (nSPS) is 14.0. The summed E-state index contributed by atoms with van der Waals surface area (Å²) < 4.78 is 4.41. The summed E-state index contributed by atoms with van der Waals surface area (Å²) in [7, 11) is 0. The molecule has 0 aromatic rings. The van der Waals surface area contributed by atoms with E-state index < -0.39 is 36.4 Å². The molecule has 15 heavy (non-hydrogen) atoms. The lowest BCUT2D eigenvalue weighted by Gasteiger charge is -2.19. The molecule has 0 saturated heterocycles. The van der Waals surface area contributed by atoms with Gasteiger partial charge in [0.1, 0.15) is 0 Å². The van der Waals surface area contributed by atoms with Gasteiger partial charge in [0.25, 0.3) is 0 Å². The van der Waals surface area contributed by atoms with Gasteiger partial charge >= 0.3 is 17.9 Å². The molecule has 0 aliphatic heterocycles. The van der Waals surface area contributed by atoms with Crippen molar-refractivity contribution >= 4 is 17.9 Å². The zero-order chi connectivity index (χ0) is 12.1. The molecule has 0 bridgehead atoms. The largest absolute Gasteiger partial charge is 0.481 e.